The summed E-state index contributed by atoms with van der Waals surface area (Å²) < 4.78 is 22.9. The molecule has 0 aromatic heterocycles. The molecule has 0 spiro atoms. The Morgan fingerprint density at radius 1 is 1.42 bits per heavy atom. The van der Waals surface area contributed by atoms with Crippen molar-refractivity contribution in [3.63, 3.8) is 0 Å². The predicted octanol–water partition coefficient (Wildman–Crippen LogP) is 2.53. The average Bonchev–Trinajstić information content (AvgIpc) is 1.83. The molecule has 1 aromatic rings. The van der Waals surface area contributed by atoms with Crippen LogP contribution in [0.4, 0.5) is 0 Å². The van der Waals surface area contributed by atoms with Gasteiger partial charge in [0.05, 0.1) is 4.90 Å². The number of halogens is 2. The molecule has 2 nitrogen and oxygen atoms in total. The van der Waals surface area contributed by atoms with Crippen LogP contribution in [0.1, 0.15) is 5.56 Å². The molecule has 0 aliphatic carbocycles. The van der Waals surface area contributed by atoms with Crippen LogP contribution in [-0.2, 0) is 9.05 Å². The van der Waals surface area contributed by atoms with Gasteiger partial charge < -0.3 is 0 Å². The molecule has 1 aromatic carbocycles. The number of aryl methyl sites for hydroxylation is 1. The maximum Gasteiger partial charge on any atom is 0.261 e. The molecule has 0 atom stereocenters. The number of benzene rings is 1. The number of hydrogen-bond donors (Lipinski definition) is 0. The van der Waals surface area contributed by atoms with Crippen LogP contribution in [0.15, 0.2) is 23.1 Å². The third-order valence-electron chi connectivity index (χ3n) is 1.40. The Morgan fingerprint density at radius 3 is 2.42 bits per heavy atom. The molecule has 0 aliphatic heterocycles. The fourth-order valence-electron chi connectivity index (χ4n) is 0.886. The highest BCUT2D eigenvalue weighted by Gasteiger charge is 2.12. The Balaban J connectivity index is 3.39. The minimum atomic E-state index is -3.58. The first-order valence-corrected chi connectivity index (χ1v) is 6.51. The van der Waals surface area contributed by atoms with Crippen LogP contribution in [-0.4, -0.2) is 8.42 Å². The van der Waals surface area contributed by atoms with Crippen LogP contribution in [0.2, 0.25) is 0 Å². The van der Waals surface area contributed by atoms with Gasteiger partial charge in [-0.05, 0) is 53.3 Å². The first kappa shape index (κ1) is 10.3. The lowest BCUT2D eigenvalue weighted by molar-refractivity contribution is 0.609. The van der Waals surface area contributed by atoms with E-state index < -0.39 is 9.05 Å². The van der Waals surface area contributed by atoms with Gasteiger partial charge in [0.25, 0.3) is 9.05 Å². The van der Waals surface area contributed by atoms with Crippen LogP contribution < -0.4 is 0 Å². The van der Waals surface area contributed by atoms with E-state index in [1.54, 1.807) is 19.1 Å². The standard InChI is InChI=1S/C7H6ClIO2S/c1-5-4-6(9)2-3-7(5)12(8,10)11/h2-4H,1H3. The molecule has 0 heterocycles. The monoisotopic (exact) mass is 316 g/mol. The van der Waals surface area contributed by atoms with Crippen molar-refractivity contribution in [3.8, 4) is 0 Å². The molecule has 0 saturated carbocycles. The zero-order chi connectivity index (χ0) is 9.35. The normalized spacial score (nSPS) is 11.6. The Labute approximate surface area is 89.5 Å². The van der Waals surface area contributed by atoms with Crippen molar-refractivity contribution in [2.24, 2.45) is 0 Å². The largest absolute Gasteiger partial charge is 0.261 e. The van der Waals surface area contributed by atoms with Gasteiger partial charge in [-0.3, -0.25) is 0 Å². The quantitative estimate of drug-likeness (QED) is 0.589. The first-order chi connectivity index (χ1) is 5.41. The van der Waals surface area contributed by atoms with Gasteiger partial charge in [0.1, 0.15) is 0 Å². The maximum atomic E-state index is 10.9. The molecule has 5 heteroatoms. The van der Waals surface area contributed by atoms with Crippen LogP contribution in [0, 0.1) is 10.5 Å². The summed E-state index contributed by atoms with van der Waals surface area (Å²) in [6.07, 6.45) is 0. The fraction of sp³-hybridized carbons (Fsp3) is 0.143. The van der Waals surface area contributed by atoms with Crippen molar-refractivity contribution < 1.29 is 8.42 Å². The van der Waals surface area contributed by atoms with Gasteiger partial charge in [-0.15, -0.1) is 0 Å². The van der Waals surface area contributed by atoms with E-state index in [0.717, 1.165) is 3.57 Å². The highest BCUT2D eigenvalue weighted by Crippen LogP contribution is 2.20. The third-order valence-corrected chi connectivity index (χ3v) is 3.55. The van der Waals surface area contributed by atoms with E-state index in [0.29, 0.717) is 5.56 Å². The molecule has 0 fully saturated rings. The Bertz CT molecular complexity index is 400. The lowest BCUT2D eigenvalue weighted by Crippen LogP contribution is -1.94. The van der Waals surface area contributed by atoms with Gasteiger partial charge >= 0.3 is 0 Å². The van der Waals surface area contributed by atoms with Crippen molar-refractivity contribution in [1.29, 1.82) is 0 Å². The lowest BCUT2D eigenvalue weighted by atomic mass is 10.2. The Hall–Kier alpha value is 0.190. The SMILES string of the molecule is Cc1cc(I)ccc1S(=O)(=O)Cl. The van der Waals surface area contributed by atoms with Gasteiger partial charge in [0.15, 0.2) is 0 Å². The molecular weight excluding hydrogens is 310 g/mol. The highest BCUT2D eigenvalue weighted by molar-refractivity contribution is 14.1. The smallest absolute Gasteiger partial charge is 0.207 e. The summed E-state index contributed by atoms with van der Waals surface area (Å²) in [5, 5.41) is 0. The molecule has 0 bridgehead atoms. The second-order valence-electron chi connectivity index (χ2n) is 2.35. The summed E-state index contributed by atoms with van der Waals surface area (Å²) in [6.45, 7) is 1.72. The van der Waals surface area contributed by atoms with Crippen LogP contribution in [0.3, 0.4) is 0 Å². The Kier molecular flexibility index (Phi) is 3.01. The van der Waals surface area contributed by atoms with E-state index in [1.807, 2.05) is 0 Å². The van der Waals surface area contributed by atoms with E-state index in [2.05, 4.69) is 22.6 Å². The molecule has 0 amide bonds. The molecular formula is C7H6ClIO2S. The highest BCUT2D eigenvalue weighted by atomic mass is 127. The van der Waals surface area contributed by atoms with Gasteiger partial charge in [0.2, 0.25) is 0 Å². The second-order valence-corrected chi connectivity index (χ2v) is 6.13. The fourth-order valence-corrected chi connectivity index (χ4v) is 2.73. The van der Waals surface area contributed by atoms with Crippen molar-refractivity contribution >= 4 is 42.3 Å². The number of rotatable bonds is 1. The second kappa shape index (κ2) is 3.51. The molecule has 66 valence electrons. The third kappa shape index (κ3) is 2.34. The average molecular weight is 317 g/mol. The molecule has 1 rings (SSSR count). The van der Waals surface area contributed by atoms with E-state index in [-0.39, 0.29) is 4.90 Å². The zero-order valence-corrected chi connectivity index (χ0v) is 9.94. The van der Waals surface area contributed by atoms with Crippen LogP contribution >= 0.6 is 33.3 Å². The lowest BCUT2D eigenvalue weighted by Gasteiger charge is -2.00. The summed E-state index contributed by atoms with van der Waals surface area (Å²) >= 11 is 2.11. The molecule has 0 radical (unpaired) electrons. The number of hydrogen-bond acceptors (Lipinski definition) is 2. The van der Waals surface area contributed by atoms with Gasteiger partial charge in [0, 0.05) is 14.3 Å². The van der Waals surface area contributed by atoms with Gasteiger partial charge in [-0.25, -0.2) is 8.42 Å². The summed E-state index contributed by atoms with van der Waals surface area (Å²) in [7, 11) is 1.60. The topological polar surface area (TPSA) is 34.1 Å². The summed E-state index contributed by atoms with van der Waals surface area (Å²) in [5.74, 6) is 0. The predicted molar refractivity (Wildman–Crippen MR) is 56.9 cm³/mol. The minimum Gasteiger partial charge on any atom is -0.207 e. The van der Waals surface area contributed by atoms with Crippen molar-refractivity contribution in [1.82, 2.24) is 0 Å². The molecule has 12 heavy (non-hydrogen) atoms. The van der Waals surface area contributed by atoms with Crippen molar-refractivity contribution in [3.05, 3.63) is 27.3 Å². The molecule has 0 N–H and O–H groups in total. The molecule has 0 aliphatic rings. The molecule has 0 unspecified atom stereocenters. The van der Waals surface area contributed by atoms with Crippen molar-refractivity contribution in [2.45, 2.75) is 11.8 Å². The minimum absolute atomic E-state index is 0.185. The van der Waals surface area contributed by atoms with E-state index in [9.17, 15) is 8.42 Å². The van der Waals surface area contributed by atoms with Crippen molar-refractivity contribution in [2.75, 3.05) is 0 Å². The summed E-state index contributed by atoms with van der Waals surface area (Å²) in [4.78, 5) is 0.185. The zero-order valence-electron chi connectivity index (χ0n) is 6.21. The Morgan fingerprint density at radius 2 is 2.00 bits per heavy atom. The van der Waals surface area contributed by atoms with Gasteiger partial charge in [-0.1, -0.05) is 0 Å². The summed E-state index contributed by atoms with van der Waals surface area (Å²) in [5.41, 5.74) is 0.678. The van der Waals surface area contributed by atoms with Crippen LogP contribution in [0.5, 0.6) is 0 Å². The van der Waals surface area contributed by atoms with Crippen LogP contribution in [0.25, 0.3) is 0 Å². The van der Waals surface area contributed by atoms with E-state index >= 15 is 0 Å². The summed E-state index contributed by atoms with van der Waals surface area (Å²) in [6, 6.07) is 5.00. The van der Waals surface area contributed by atoms with E-state index in [4.69, 9.17) is 10.7 Å². The first-order valence-electron chi connectivity index (χ1n) is 3.12. The van der Waals surface area contributed by atoms with Gasteiger partial charge in [-0.2, -0.15) is 0 Å². The van der Waals surface area contributed by atoms with E-state index in [1.165, 1.54) is 6.07 Å². The molecule has 0 saturated heterocycles. The maximum absolute atomic E-state index is 10.9.